The number of aliphatic hydroxyl groups is 1. The number of fused-ring (bicyclic) bond motifs is 1. The Hall–Kier alpha value is -0.960. The minimum absolute atomic E-state index is 0.258. The molecule has 2 rings (SSSR count). The highest BCUT2D eigenvalue weighted by Crippen LogP contribution is 2.22. The predicted molar refractivity (Wildman–Crippen MR) is 58.7 cm³/mol. The van der Waals surface area contributed by atoms with E-state index >= 15 is 0 Å². The molecule has 1 N–H and O–H groups in total. The highest BCUT2D eigenvalue weighted by atomic mass is 16.3. The molecule has 0 aliphatic heterocycles. The Morgan fingerprint density at radius 1 is 1.33 bits per heavy atom. The second-order valence-electron chi connectivity index (χ2n) is 4.22. The van der Waals surface area contributed by atoms with E-state index in [1.165, 1.54) is 24.1 Å². The van der Waals surface area contributed by atoms with Crippen molar-refractivity contribution in [3.63, 3.8) is 0 Å². The maximum Gasteiger partial charge on any atom is 0.115 e. The molecule has 0 amide bonds. The molecular formula is C12H18N2O. The molecule has 1 unspecified atom stereocenters. The molecule has 3 nitrogen and oxygen atoms in total. The smallest absolute Gasteiger partial charge is 0.115 e. The van der Waals surface area contributed by atoms with Gasteiger partial charge in [-0.3, -0.25) is 0 Å². The Kier molecular flexibility index (Phi) is 3.31. The molecule has 1 aromatic rings. The second-order valence-corrected chi connectivity index (χ2v) is 4.22. The van der Waals surface area contributed by atoms with Gasteiger partial charge in [0, 0.05) is 17.8 Å². The number of aryl methyl sites for hydroxylation is 1. The van der Waals surface area contributed by atoms with Crippen molar-refractivity contribution >= 4 is 0 Å². The number of rotatable bonds is 3. The van der Waals surface area contributed by atoms with Crippen LogP contribution in [0.1, 0.15) is 43.1 Å². The molecule has 0 radical (unpaired) electrons. The topological polar surface area (TPSA) is 46.0 Å². The first kappa shape index (κ1) is 10.6. The van der Waals surface area contributed by atoms with Gasteiger partial charge in [-0.15, -0.1) is 0 Å². The average Bonchev–Trinajstić information content (AvgIpc) is 2.29. The van der Waals surface area contributed by atoms with Crippen LogP contribution < -0.4 is 0 Å². The van der Waals surface area contributed by atoms with E-state index < -0.39 is 0 Å². The van der Waals surface area contributed by atoms with E-state index in [2.05, 4.69) is 9.97 Å². The van der Waals surface area contributed by atoms with Gasteiger partial charge in [0.2, 0.25) is 0 Å². The quantitative estimate of drug-likeness (QED) is 0.818. The summed E-state index contributed by atoms with van der Waals surface area (Å²) in [4.78, 5) is 8.63. The first-order valence-corrected chi connectivity index (χ1v) is 5.81. The minimum Gasteiger partial charge on any atom is -0.393 e. The molecule has 0 bridgehead atoms. The van der Waals surface area contributed by atoms with Crippen molar-refractivity contribution in [1.82, 2.24) is 9.97 Å². The third kappa shape index (κ3) is 2.34. The number of hydrogen-bond donors (Lipinski definition) is 1. The molecule has 1 atom stereocenters. The molecule has 0 spiro atoms. The van der Waals surface area contributed by atoms with Crippen LogP contribution in [0.25, 0.3) is 0 Å². The Morgan fingerprint density at radius 3 is 2.93 bits per heavy atom. The zero-order valence-corrected chi connectivity index (χ0v) is 9.24. The average molecular weight is 206 g/mol. The summed E-state index contributed by atoms with van der Waals surface area (Å²) in [6, 6.07) is 0. The van der Waals surface area contributed by atoms with Crippen LogP contribution in [0.5, 0.6) is 0 Å². The van der Waals surface area contributed by atoms with Gasteiger partial charge in [-0.2, -0.15) is 0 Å². The van der Waals surface area contributed by atoms with Crippen LogP contribution >= 0.6 is 0 Å². The highest BCUT2D eigenvalue weighted by molar-refractivity contribution is 5.27. The molecule has 0 aromatic carbocycles. The molecule has 15 heavy (non-hydrogen) atoms. The monoisotopic (exact) mass is 206 g/mol. The molecule has 1 heterocycles. The van der Waals surface area contributed by atoms with Gasteiger partial charge in [0.25, 0.3) is 0 Å². The number of aromatic nitrogens is 2. The van der Waals surface area contributed by atoms with Crippen LogP contribution in [0.4, 0.5) is 0 Å². The van der Waals surface area contributed by atoms with Crippen molar-refractivity contribution in [3.8, 4) is 0 Å². The summed E-state index contributed by atoms with van der Waals surface area (Å²) >= 11 is 0. The van der Waals surface area contributed by atoms with Crippen molar-refractivity contribution in [2.75, 3.05) is 0 Å². The maximum atomic E-state index is 9.65. The summed E-state index contributed by atoms with van der Waals surface area (Å²) in [5, 5.41) is 9.65. The molecule has 0 saturated heterocycles. The lowest BCUT2D eigenvalue weighted by Crippen LogP contribution is -2.16. The van der Waals surface area contributed by atoms with E-state index in [0.717, 1.165) is 25.0 Å². The van der Waals surface area contributed by atoms with E-state index in [1.807, 2.05) is 6.92 Å². The SMILES string of the molecule is CCC(O)Cc1ncnc2c1CCCC2. The van der Waals surface area contributed by atoms with Crippen molar-refractivity contribution < 1.29 is 5.11 Å². The Bertz CT molecular complexity index is 338. The molecule has 1 aliphatic rings. The third-order valence-electron chi connectivity index (χ3n) is 3.11. The molecule has 82 valence electrons. The molecule has 3 heteroatoms. The van der Waals surface area contributed by atoms with E-state index in [9.17, 15) is 5.11 Å². The molecule has 0 fully saturated rings. The molecular weight excluding hydrogens is 188 g/mol. The summed E-state index contributed by atoms with van der Waals surface area (Å²) in [6.07, 6.45) is 7.48. The van der Waals surface area contributed by atoms with Crippen LogP contribution in [-0.2, 0) is 19.3 Å². The van der Waals surface area contributed by atoms with Crippen LogP contribution in [-0.4, -0.2) is 21.2 Å². The van der Waals surface area contributed by atoms with Gasteiger partial charge in [0.05, 0.1) is 6.10 Å². The first-order valence-electron chi connectivity index (χ1n) is 5.81. The van der Waals surface area contributed by atoms with Gasteiger partial charge in [-0.25, -0.2) is 9.97 Å². The Balaban J connectivity index is 2.23. The van der Waals surface area contributed by atoms with Crippen LogP contribution in [0.3, 0.4) is 0 Å². The lowest BCUT2D eigenvalue weighted by atomic mass is 9.93. The predicted octanol–water partition coefficient (Wildman–Crippen LogP) is 1.67. The van der Waals surface area contributed by atoms with E-state index in [0.29, 0.717) is 6.42 Å². The van der Waals surface area contributed by atoms with Crippen molar-refractivity contribution in [3.05, 3.63) is 23.3 Å². The van der Waals surface area contributed by atoms with Crippen LogP contribution in [0.15, 0.2) is 6.33 Å². The minimum atomic E-state index is -0.258. The second kappa shape index (κ2) is 4.71. The summed E-state index contributed by atoms with van der Waals surface area (Å²) in [6.45, 7) is 2.00. The van der Waals surface area contributed by atoms with E-state index in [4.69, 9.17) is 0 Å². The van der Waals surface area contributed by atoms with Crippen LogP contribution in [0, 0.1) is 0 Å². The first-order chi connectivity index (χ1) is 7.31. The fourth-order valence-electron chi connectivity index (χ4n) is 2.13. The zero-order chi connectivity index (χ0) is 10.7. The fraction of sp³-hybridized carbons (Fsp3) is 0.667. The van der Waals surface area contributed by atoms with Crippen molar-refractivity contribution in [2.24, 2.45) is 0 Å². The van der Waals surface area contributed by atoms with Gasteiger partial charge in [0.1, 0.15) is 6.33 Å². The highest BCUT2D eigenvalue weighted by Gasteiger charge is 2.16. The van der Waals surface area contributed by atoms with Crippen molar-refractivity contribution in [1.29, 1.82) is 0 Å². The molecule has 1 aliphatic carbocycles. The summed E-state index contributed by atoms with van der Waals surface area (Å²) in [7, 11) is 0. The van der Waals surface area contributed by atoms with Gasteiger partial charge in [-0.1, -0.05) is 6.92 Å². The lowest BCUT2D eigenvalue weighted by Gasteiger charge is -2.18. The fourth-order valence-corrected chi connectivity index (χ4v) is 2.13. The van der Waals surface area contributed by atoms with Crippen LogP contribution in [0.2, 0.25) is 0 Å². The standard InChI is InChI=1S/C12H18N2O/c1-2-9(15)7-12-10-5-3-4-6-11(10)13-8-14-12/h8-9,15H,2-7H2,1H3. The van der Waals surface area contributed by atoms with E-state index in [-0.39, 0.29) is 6.10 Å². The molecule has 0 saturated carbocycles. The number of nitrogens with zero attached hydrogens (tertiary/aromatic N) is 2. The largest absolute Gasteiger partial charge is 0.393 e. The van der Waals surface area contributed by atoms with Gasteiger partial charge >= 0.3 is 0 Å². The van der Waals surface area contributed by atoms with Crippen molar-refractivity contribution in [2.45, 2.75) is 51.6 Å². The van der Waals surface area contributed by atoms with Gasteiger partial charge in [0.15, 0.2) is 0 Å². The number of aliphatic hydroxyl groups excluding tert-OH is 1. The lowest BCUT2D eigenvalue weighted by molar-refractivity contribution is 0.169. The summed E-state index contributed by atoms with van der Waals surface area (Å²) in [5.41, 5.74) is 3.57. The van der Waals surface area contributed by atoms with E-state index in [1.54, 1.807) is 6.33 Å². The maximum absolute atomic E-state index is 9.65. The Labute approximate surface area is 90.6 Å². The summed E-state index contributed by atoms with van der Waals surface area (Å²) in [5.74, 6) is 0. The Morgan fingerprint density at radius 2 is 2.13 bits per heavy atom. The molecule has 1 aromatic heterocycles. The normalized spacial score (nSPS) is 17.2. The zero-order valence-electron chi connectivity index (χ0n) is 9.24. The van der Waals surface area contributed by atoms with Gasteiger partial charge < -0.3 is 5.11 Å². The third-order valence-corrected chi connectivity index (χ3v) is 3.11. The number of hydrogen-bond acceptors (Lipinski definition) is 3. The van der Waals surface area contributed by atoms with Gasteiger partial charge in [-0.05, 0) is 37.7 Å². The summed E-state index contributed by atoms with van der Waals surface area (Å²) < 4.78 is 0.